The molecule has 2 rings (SSSR count). The van der Waals surface area contributed by atoms with Crippen molar-refractivity contribution >= 4 is 22.4 Å². The molecule has 1 aliphatic rings. The maximum atomic E-state index is 11.4. The largest absolute Gasteiger partial charge is 0.465 e. The standard InChI is InChI=1S/C12H18N2O2S/c1-3-9-6-4-5-7-14(9)12-13-8-10(17-12)11(15)16-2/h8-9H,3-7H2,1-2H3. The van der Waals surface area contributed by atoms with E-state index >= 15 is 0 Å². The van der Waals surface area contributed by atoms with Crippen molar-refractivity contribution in [2.45, 2.75) is 38.6 Å². The van der Waals surface area contributed by atoms with Gasteiger partial charge in [0.1, 0.15) is 4.88 Å². The number of carbonyl (C=O) groups is 1. The molecule has 1 aliphatic heterocycles. The molecule has 1 aromatic heterocycles. The lowest BCUT2D eigenvalue weighted by molar-refractivity contribution is 0.0606. The molecule has 1 saturated heterocycles. The summed E-state index contributed by atoms with van der Waals surface area (Å²) < 4.78 is 4.70. The third kappa shape index (κ3) is 2.60. The molecule has 1 aromatic rings. The van der Waals surface area contributed by atoms with Gasteiger partial charge in [-0.3, -0.25) is 0 Å². The Labute approximate surface area is 106 Å². The molecule has 1 atom stereocenters. The summed E-state index contributed by atoms with van der Waals surface area (Å²) in [6.07, 6.45) is 6.48. The number of methoxy groups -OCH3 is 1. The van der Waals surface area contributed by atoms with Gasteiger partial charge in [-0.15, -0.1) is 0 Å². The SMILES string of the molecule is CCC1CCCCN1c1ncc(C(=O)OC)s1. The fourth-order valence-electron chi connectivity index (χ4n) is 2.27. The summed E-state index contributed by atoms with van der Waals surface area (Å²) >= 11 is 1.43. The summed E-state index contributed by atoms with van der Waals surface area (Å²) in [6, 6.07) is 0.570. The average Bonchev–Trinajstić information content (AvgIpc) is 2.87. The lowest BCUT2D eigenvalue weighted by Crippen LogP contribution is -2.38. The Hall–Kier alpha value is -1.10. The van der Waals surface area contributed by atoms with Crippen LogP contribution in [0.15, 0.2) is 6.20 Å². The predicted molar refractivity (Wildman–Crippen MR) is 68.7 cm³/mol. The number of ether oxygens (including phenoxy) is 1. The summed E-state index contributed by atoms with van der Waals surface area (Å²) in [6.45, 7) is 3.25. The Morgan fingerprint density at radius 2 is 2.47 bits per heavy atom. The normalized spacial score (nSPS) is 20.4. The van der Waals surface area contributed by atoms with Crippen molar-refractivity contribution in [2.24, 2.45) is 0 Å². The highest BCUT2D eigenvalue weighted by atomic mass is 32.1. The molecule has 1 unspecified atom stereocenters. The van der Waals surface area contributed by atoms with Gasteiger partial charge in [-0.25, -0.2) is 9.78 Å². The fraction of sp³-hybridized carbons (Fsp3) is 0.667. The Bertz CT molecular complexity index is 392. The second-order valence-corrected chi connectivity index (χ2v) is 5.26. The molecule has 0 amide bonds. The van der Waals surface area contributed by atoms with E-state index in [-0.39, 0.29) is 5.97 Å². The van der Waals surface area contributed by atoms with Gasteiger partial charge in [-0.2, -0.15) is 0 Å². The minimum atomic E-state index is -0.293. The number of rotatable bonds is 3. The number of hydrogen-bond donors (Lipinski definition) is 0. The van der Waals surface area contributed by atoms with Crippen LogP contribution in [0, 0.1) is 0 Å². The first-order chi connectivity index (χ1) is 8.26. The number of nitrogens with zero attached hydrogens (tertiary/aromatic N) is 2. The van der Waals surface area contributed by atoms with E-state index in [1.165, 1.54) is 37.7 Å². The summed E-state index contributed by atoms with van der Waals surface area (Å²) in [5.41, 5.74) is 0. The summed E-state index contributed by atoms with van der Waals surface area (Å²) in [7, 11) is 1.40. The molecule has 5 heteroatoms. The number of esters is 1. The van der Waals surface area contributed by atoms with Crippen LogP contribution < -0.4 is 4.90 Å². The van der Waals surface area contributed by atoms with Crippen LogP contribution in [-0.4, -0.2) is 30.6 Å². The molecule has 0 spiro atoms. The van der Waals surface area contributed by atoms with Gasteiger partial charge < -0.3 is 9.64 Å². The van der Waals surface area contributed by atoms with E-state index in [9.17, 15) is 4.79 Å². The molecule has 1 fully saturated rings. The molecule has 0 bridgehead atoms. The number of carbonyl (C=O) groups excluding carboxylic acids is 1. The number of thiazole rings is 1. The van der Waals surface area contributed by atoms with Gasteiger partial charge in [0.15, 0.2) is 5.13 Å². The molecular weight excluding hydrogens is 236 g/mol. The van der Waals surface area contributed by atoms with Crippen LogP contribution in [0.25, 0.3) is 0 Å². The first kappa shape index (κ1) is 12.4. The van der Waals surface area contributed by atoms with Crippen molar-refractivity contribution in [3.8, 4) is 0 Å². The van der Waals surface area contributed by atoms with Crippen LogP contribution in [0.4, 0.5) is 5.13 Å². The van der Waals surface area contributed by atoms with E-state index in [0.29, 0.717) is 10.9 Å². The Morgan fingerprint density at radius 1 is 1.65 bits per heavy atom. The third-order valence-corrected chi connectivity index (χ3v) is 4.24. The van der Waals surface area contributed by atoms with Crippen molar-refractivity contribution in [3.63, 3.8) is 0 Å². The highest BCUT2D eigenvalue weighted by Crippen LogP contribution is 2.30. The topological polar surface area (TPSA) is 42.4 Å². The highest BCUT2D eigenvalue weighted by molar-refractivity contribution is 7.17. The van der Waals surface area contributed by atoms with E-state index < -0.39 is 0 Å². The smallest absolute Gasteiger partial charge is 0.349 e. The molecule has 0 saturated carbocycles. The lowest BCUT2D eigenvalue weighted by atomic mass is 10.0. The molecule has 0 N–H and O–H groups in total. The Balaban J connectivity index is 2.15. The van der Waals surface area contributed by atoms with Crippen LogP contribution in [0.2, 0.25) is 0 Å². The first-order valence-corrected chi connectivity index (χ1v) is 6.88. The maximum absolute atomic E-state index is 11.4. The van der Waals surface area contributed by atoms with E-state index in [2.05, 4.69) is 16.8 Å². The molecule has 0 aliphatic carbocycles. The molecule has 0 radical (unpaired) electrons. The van der Waals surface area contributed by atoms with Gasteiger partial charge >= 0.3 is 5.97 Å². The van der Waals surface area contributed by atoms with Gasteiger partial charge in [-0.05, 0) is 25.7 Å². The number of hydrogen-bond acceptors (Lipinski definition) is 5. The zero-order valence-corrected chi connectivity index (χ0v) is 11.1. The van der Waals surface area contributed by atoms with Crippen LogP contribution in [-0.2, 0) is 4.74 Å². The molecule has 94 valence electrons. The maximum Gasteiger partial charge on any atom is 0.349 e. The zero-order valence-electron chi connectivity index (χ0n) is 10.3. The monoisotopic (exact) mass is 254 g/mol. The fourth-order valence-corrected chi connectivity index (χ4v) is 3.20. The molecule has 2 heterocycles. The van der Waals surface area contributed by atoms with Crippen molar-refractivity contribution in [1.82, 2.24) is 4.98 Å². The van der Waals surface area contributed by atoms with Crippen LogP contribution in [0.5, 0.6) is 0 Å². The van der Waals surface area contributed by atoms with E-state index in [4.69, 9.17) is 4.74 Å². The van der Waals surface area contributed by atoms with E-state index in [1.54, 1.807) is 6.20 Å². The highest BCUT2D eigenvalue weighted by Gasteiger charge is 2.24. The second kappa shape index (κ2) is 5.49. The summed E-state index contributed by atoms with van der Waals surface area (Å²) in [5, 5.41) is 0.956. The quantitative estimate of drug-likeness (QED) is 0.778. The van der Waals surface area contributed by atoms with Crippen molar-refractivity contribution < 1.29 is 9.53 Å². The Morgan fingerprint density at radius 3 is 3.18 bits per heavy atom. The minimum Gasteiger partial charge on any atom is -0.465 e. The van der Waals surface area contributed by atoms with E-state index in [1.807, 2.05) is 0 Å². The van der Waals surface area contributed by atoms with Gasteiger partial charge in [0, 0.05) is 12.6 Å². The summed E-state index contributed by atoms with van der Waals surface area (Å²) in [4.78, 5) is 18.7. The number of piperidine rings is 1. The van der Waals surface area contributed by atoms with E-state index in [0.717, 1.165) is 18.1 Å². The van der Waals surface area contributed by atoms with Gasteiger partial charge in [-0.1, -0.05) is 18.3 Å². The molecular formula is C12H18N2O2S. The van der Waals surface area contributed by atoms with Crippen LogP contribution >= 0.6 is 11.3 Å². The molecule has 17 heavy (non-hydrogen) atoms. The number of anilines is 1. The molecule has 4 nitrogen and oxygen atoms in total. The van der Waals surface area contributed by atoms with Gasteiger partial charge in [0.25, 0.3) is 0 Å². The average molecular weight is 254 g/mol. The number of aromatic nitrogens is 1. The van der Waals surface area contributed by atoms with Crippen molar-refractivity contribution in [2.75, 3.05) is 18.6 Å². The van der Waals surface area contributed by atoms with Gasteiger partial charge in [0.05, 0.1) is 13.3 Å². The van der Waals surface area contributed by atoms with Crippen LogP contribution in [0.3, 0.4) is 0 Å². The minimum absolute atomic E-state index is 0.293. The Kier molecular flexibility index (Phi) is 3.99. The van der Waals surface area contributed by atoms with Crippen molar-refractivity contribution in [1.29, 1.82) is 0 Å². The third-order valence-electron chi connectivity index (χ3n) is 3.22. The second-order valence-electron chi connectivity index (χ2n) is 4.25. The first-order valence-electron chi connectivity index (χ1n) is 6.07. The van der Waals surface area contributed by atoms with Crippen molar-refractivity contribution in [3.05, 3.63) is 11.1 Å². The predicted octanol–water partition coefficient (Wildman–Crippen LogP) is 2.70. The summed E-state index contributed by atoms with van der Waals surface area (Å²) in [5.74, 6) is -0.293. The lowest BCUT2D eigenvalue weighted by Gasteiger charge is -2.34. The molecule has 0 aromatic carbocycles. The zero-order chi connectivity index (χ0) is 12.3. The van der Waals surface area contributed by atoms with Crippen LogP contribution in [0.1, 0.15) is 42.3 Å². The van der Waals surface area contributed by atoms with Gasteiger partial charge in [0.2, 0.25) is 0 Å².